The summed E-state index contributed by atoms with van der Waals surface area (Å²) in [4.78, 5) is 0. The average Bonchev–Trinajstić information content (AvgIpc) is 2.23. The molecule has 0 radical (unpaired) electrons. The van der Waals surface area contributed by atoms with Gasteiger partial charge in [-0.3, -0.25) is 0 Å². The van der Waals surface area contributed by atoms with E-state index >= 15 is 0 Å². The van der Waals surface area contributed by atoms with Gasteiger partial charge in [0.15, 0.2) is 11.6 Å². The highest BCUT2D eigenvalue weighted by molar-refractivity contribution is 7.80. The van der Waals surface area contributed by atoms with E-state index in [1.165, 1.54) is 6.42 Å². The van der Waals surface area contributed by atoms with Crippen molar-refractivity contribution in [1.29, 1.82) is 0 Å². The van der Waals surface area contributed by atoms with Gasteiger partial charge in [0.2, 0.25) is 0 Å². The van der Waals surface area contributed by atoms with Crippen molar-refractivity contribution in [3.63, 3.8) is 0 Å². The molecule has 1 nitrogen and oxygen atoms in total. The second-order valence-corrected chi connectivity index (χ2v) is 5.00. The Bertz CT molecular complexity index is 369. The zero-order chi connectivity index (χ0) is 11.6. The zero-order valence-electron chi connectivity index (χ0n) is 9.50. The van der Waals surface area contributed by atoms with Crippen LogP contribution in [-0.4, -0.2) is 12.4 Å². The lowest BCUT2D eigenvalue weighted by Gasteiger charge is -2.40. The molecular weight excluding hydrogens is 223 g/mol. The van der Waals surface area contributed by atoms with Crippen molar-refractivity contribution in [2.45, 2.75) is 26.2 Å². The predicted molar refractivity (Wildman–Crippen MR) is 66.8 cm³/mol. The molecule has 16 heavy (non-hydrogen) atoms. The highest BCUT2D eigenvalue weighted by Gasteiger charge is 2.36. The smallest absolute Gasteiger partial charge is 0.167 e. The van der Waals surface area contributed by atoms with Crippen LogP contribution in [-0.2, 0) is 0 Å². The van der Waals surface area contributed by atoms with Crippen molar-refractivity contribution in [1.82, 2.24) is 0 Å². The third-order valence-corrected chi connectivity index (χ3v) is 4.11. The molecule has 0 saturated heterocycles. The molecule has 3 heteroatoms. The molecule has 0 spiro atoms. The summed E-state index contributed by atoms with van der Waals surface area (Å²) in [5.74, 6) is 0.949. The van der Waals surface area contributed by atoms with Crippen molar-refractivity contribution < 1.29 is 9.13 Å². The maximum atomic E-state index is 13.7. The van der Waals surface area contributed by atoms with Crippen molar-refractivity contribution in [3.8, 4) is 5.75 Å². The lowest BCUT2D eigenvalue weighted by molar-refractivity contribution is 0.0804. The Morgan fingerprint density at radius 1 is 1.44 bits per heavy atom. The molecule has 88 valence electrons. The normalized spacial score (nSPS) is 17.9. The minimum Gasteiger partial charge on any atom is -0.490 e. The van der Waals surface area contributed by atoms with Gasteiger partial charge in [0.1, 0.15) is 0 Å². The van der Waals surface area contributed by atoms with E-state index in [0.29, 0.717) is 17.9 Å². The number of halogens is 1. The molecule has 1 aromatic rings. The molecular formula is C13H17FOS. The Labute approximate surface area is 101 Å². The Kier molecular flexibility index (Phi) is 3.43. The fraction of sp³-hybridized carbons (Fsp3) is 0.538. The van der Waals surface area contributed by atoms with Crippen LogP contribution in [0.5, 0.6) is 5.75 Å². The van der Waals surface area contributed by atoms with Crippen LogP contribution in [0, 0.1) is 18.2 Å². The van der Waals surface area contributed by atoms with E-state index in [1.54, 1.807) is 19.1 Å². The fourth-order valence-corrected chi connectivity index (χ4v) is 2.40. The summed E-state index contributed by atoms with van der Waals surface area (Å²) in [7, 11) is 0. The van der Waals surface area contributed by atoms with Crippen LogP contribution in [0.2, 0.25) is 0 Å². The zero-order valence-corrected chi connectivity index (χ0v) is 10.4. The number of ether oxygens (including phenoxy) is 1. The molecule has 0 amide bonds. The first-order chi connectivity index (χ1) is 7.67. The minimum atomic E-state index is -0.240. The van der Waals surface area contributed by atoms with Crippen LogP contribution in [0.25, 0.3) is 0 Å². The molecule has 0 heterocycles. The molecule has 0 atom stereocenters. The number of aryl methyl sites for hydroxylation is 1. The van der Waals surface area contributed by atoms with Crippen LogP contribution < -0.4 is 4.74 Å². The molecule has 0 N–H and O–H groups in total. The van der Waals surface area contributed by atoms with Crippen LogP contribution in [0.4, 0.5) is 4.39 Å². The summed E-state index contributed by atoms with van der Waals surface area (Å²) in [5.41, 5.74) is 0.810. The summed E-state index contributed by atoms with van der Waals surface area (Å²) in [6.45, 7) is 2.33. The van der Waals surface area contributed by atoms with Crippen molar-refractivity contribution in [2.75, 3.05) is 12.4 Å². The molecule has 0 bridgehead atoms. The van der Waals surface area contributed by atoms with E-state index in [4.69, 9.17) is 4.74 Å². The quantitative estimate of drug-likeness (QED) is 0.791. The van der Waals surface area contributed by atoms with Gasteiger partial charge in [-0.25, -0.2) is 4.39 Å². The molecule has 1 aromatic carbocycles. The van der Waals surface area contributed by atoms with Crippen LogP contribution in [0.3, 0.4) is 0 Å². The second-order valence-electron chi connectivity index (χ2n) is 4.69. The minimum absolute atomic E-state index is 0.180. The first-order valence-corrected chi connectivity index (χ1v) is 6.29. The van der Waals surface area contributed by atoms with E-state index in [-0.39, 0.29) is 11.2 Å². The van der Waals surface area contributed by atoms with Gasteiger partial charge in [-0.2, -0.15) is 12.6 Å². The van der Waals surface area contributed by atoms with Gasteiger partial charge in [0.05, 0.1) is 6.61 Å². The summed E-state index contributed by atoms with van der Waals surface area (Å²) in [6.07, 6.45) is 3.52. The molecule has 1 aliphatic rings. The number of rotatable bonds is 4. The van der Waals surface area contributed by atoms with Crippen LogP contribution >= 0.6 is 12.6 Å². The largest absolute Gasteiger partial charge is 0.490 e. The van der Waals surface area contributed by atoms with Gasteiger partial charge in [0.25, 0.3) is 0 Å². The summed E-state index contributed by atoms with van der Waals surface area (Å²) in [5, 5.41) is 0. The Morgan fingerprint density at radius 3 is 2.75 bits per heavy atom. The second kappa shape index (κ2) is 4.66. The predicted octanol–water partition coefficient (Wildman–Crippen LogP) is 3.61. The third kappa shape index (κ3) is 2.19. The van der Waals surface area contributed by atoms with E-state index < -0.39 is 0 Å². The standard InChI is InChI=1S/C13H17FOS/c1-10-4-2-5-11(12(10)14)15-8-13(9-16)6-3-7-13/h2,4-5,16H,3,6-9H2,1H3. The Hall–Kier alpha value is -0.700. The molecule has 0 aromatic heterocycles. The molecule has 1 fully saturated rings. The molecule has 0 unspecified atom stereocenters. The Balaban J connectivity index is 2.02. The monoisotopic (exact) mass is 240 g/mol. The lowest BCUT2D eigenvalue weighted by atomic mass is 9.71. The average molecular weight is 240 g/mol. The summed E-state index contributed by atoms with van der Waals surface area (Å²) in [6, 6.07) is 5.26. The van der Waals surface area contributed by atoms with E-state index in [1.807, 2.05) is 6.07 Å². The van der Waals surface area contributed by atoms with Gasteiger partial charge >= 0.3 is 0 Å². The number of hydrogen-bond donors (Lipinski definition) is 1. The van der Waals surface area contributed by atoms with Crippen LogP contribution in [0.15, 0.2) is 18.2 Å². The highest BCUT2D eigenvalue weighted by atomic mass is 32.1. The van der Waals surface area contributed by atoms with E-state index in [0.717, 1.165) is 18.6 Å². The van der Waals surface area contributed by atoms with Crippen molar-refractivity contribution in [3.05, 3.63) is 29.6 Å². The number of hydrogen-bond acceptors (Lipinski definition) is 2. The maximum Gasteiger partial charge on any atom is 0.167 e. The Morgan fingerprint density at radius 2 is 2.19 bits per heavy atom. The van der Waals surface area contributed by atoms with Crippen LogP contribution in [0.1, 0.15) is 24.8 Å². The molecule has 1 aliphatic carbocycles. The van der Waals surface area contributed by atoms with Gasteiger partial charge in [-0.1, -0.05) is 18.6 Å². The molecule has 1 saturated carbocycles. The van der Waals surface area contributed by atoms with Crippen molar-refractivity contribution >= 4 is 12.6 Å². The first-order valence-electron chi connectivity index (χ1n) is 5.66. The fourth-order valence-electron chi connectivity index (χ4n) is 1.99. The van der Waals surface area contributed by atoms with E-state index in [2.05, 4.69) is 12.6 Å². The maximum absolute atomic E-state index is 13.7. The topological polar surface area (TPSA) is 9.23 Å². The van der Waals surface area contributed by atoms with Gasteiger partial charge in [-0.15, -0.1) is 0 Å². The molecule has 2 rings (SSSR count). The molecule has 0 aliphatic heterocycles. The van der Waals surface area contributed by atoms with Gasteiger partial charge < -0.3 is 4.74 Å². The summed E-state index contributed by atoms with van der Waals surface area (Å²) >= 11 is 4.35. The van der Waals surface area contributed by atoms with Crippen molar-refractivity contribution in [2.24, 2.45) is 5.41 Å². The van der Waals surface area contributed by atoms with Gasteiger partial charge in [0, 0.05) is 5.41 Å². The number of benzene rings is 1. The summed E-state index contributed by atoms with van der Waals surface area (Å²) < 4.78 is 19.3. The number of thiol groups is 1. The first kappa shape index (κ1) is 11.8. The lowest BCUT2D eigenvalue weighted by Crippen LogP contribution is -2.37. The highest BCUT2D eigenvalue weighted by Crippen LogP contribution is 2.42. The third-order valence-electron chi connectivity index (χ3n) is 3.44. The SMILES string of the molecule is Cc1cccc(OCC2(CS)CCC2)c1F. The van der Waals surface area contributed by atoms with E-state index in [9.17, 15) is 4.39 Å². The van der Waals surface area contributed by atoms with Gasteiger partial charge in [-0.05, 0) is 37.1 Å².